The summed E-state index contributed by atoms with van der Waals surface area (Å²) in [6.45, 7) is 7.31. The van der Waals surface area contributed by atoms with Crippen molar-refractivity contribution in [2.45, 2.75) is 51.0 Å². The maximum absolute atomic E-state index is 11.9. The lowest BCUT2D eigenvalue weighted by molar-refractivity contribution is 0.0283. The quantitative estimate of drug-likeness (QED) is 0.801. The van der Waals surface area contributed by atoms with Gasteiger partial charge in [0.05, 0.1) is 12.7 Å². The van der Waals surface area contributed by atoms with Crippen LogP contribution in [0, 0.1) is 11.8 Å². The zero-order valence-corrected chi connectivity index (χ0v) is 14.5. The summed E-state index contributed by atoms with van der Waals surface area (Å²) in [7, 11) is 1.46. The summed E-state index contributed by atoms with van der Waals surface area (Å²) >= 11 is 0. The predicted octanol–water partition coefficient (Wildman–Crippen LogP) is 3.41. The predicted molar refractivity (Wildman–Crippen MR) is 90.7 cm³/mol. The molecule has 0 spiro atoms. The third-order valence-corrected chi connectivity index (χ3v) is 6.73. The fraction of sp³-hybridized carbons (Fsp3) is 0.650. The number of likely N-dealkylation sites (tertiary alicyclic amines) is 1. The van der Waals surface area contributed by atoms with Crippen LogP contribution in [0.1, 0.15) is 54.6 Å². The van der Waals surface area contributed by atoms with Crippen LogP contribution in [0.4, 0.5) is 0 Å². The molecule has 2 bridgehead atoms. The number of piperidine rings is 1. The van der Waals surface area contributed by atoms with Crippen LogP contribution in [-0.4, -0.2) is 37.1 Å². The van der Waals surface area contributed by atoms with Gasteiger partial charge in [0.25, 0.3) is 0 Å². The second-order valence-corrected chi connectivity index (χ2v) is 8.03. The van der Waals surface area contributed by atoms with E-state index in [2.05, 4.69) is 30.9 Å². The zero-order valence-electron chi connectivity index (χ0n) is 14.5. The van der Waals surface area contributed by atoms with Gasteiger partial charge in [-0.05, 0) is 72.7 Å². The highest BCUT2D eigenvalue weighted by atomic mass is 16.5. The van der Waals surface area contributed by atoms with Gasteiger partial charge < -0.3 is 4.74 Å². The second kappa shape index (κ2) is 5.34. The highest BCUT2D eigenvalue weighted by Gasteiger charge is 2.49. The average Bonchev–Trinajstić information content (AvgIpc) is 3.36. The number of nitrogens with zero attached hydrogens (tertiary/aromatic N) is 1. The van der Waals surface area contributed by atoms with Crippen molar-refractivity contribution >= 4 is 5.97 Å². The van der Waals surface area contributed by atoms with Gasteiger partial charge in [-0.25, -0.2) is 4.79 Å². The van der Waals surface area contributed by atoms with E-state index in [-0.39, 0.29) is 11.4 Å². The molecular weight excluding hydrogens is 286 g/mol. The van der Waals surface area contributed by atoms with Gasteiger partial charge in [-0.2, -0.15) is 0 Å². The van der Waals surface area contributed by atoms with E-state index >= 15 is 0 Å². The number of ether oxygens (including phenoxy) is 1. The molecule has 2 aliphatic carbocycles. The first kappa shape index (κ1) is 15.2. The third-order valence-electron chi connectivity index (χ3n) is 6.73. The molecule has 2 fully saturated rings. The lowest BCUT2D eigenvalue weighted by Crippen LogP contribution is -2.58. The van der Waals surface area contributed by atoms with Crippen LogP contribution in [0.25, 0.3) is 0 Å². The molecular formula is C20H27NO2. The normalized spacial score (nSPS) is 33.2. The maximum Gasteiger partial charge on any atom is 0.337 e. The molecule has 1 heterocycles. The Hall–Kier alpha value is -1.35. The number of hydrogen-bond donors (Lipinski definition) is 0. The van der Waals surface area contributed by atoms with E-state index in [0.29, 0.717) is 17.5 Å². The molecule has 1 aromatic rings. The van der Waals surface area contributed by atoms with Gasteiger partial charge in [0.1, 0.15) is 0 Å². The molecule has 0 N–H and O–H groups in total. The molecule has 1 aliphatic heterocycles. The molecule has 3 aliphatic rings. The highest BCUT2D eigenvalue weighted by Crippen LogP contribution is 2.49. The van der Waals surface area contributed by atoms with Crippen molar-refractivity contribution in [1.29, 1.82) is 0 Å². The van der Waals surface area contributed by atoms with Crippen molar-refractivity contribution in [3.8, 4) is 0 Å². The molecule has 1 saturated carbocycles. The van der Waals surface area contributed by atoms with Crippen molar-refractivity contribution in [2.75, 3.05) is 20.2 Å². The third kappa shape index (κ3) is 2.40. The molecule has 23 heavy (non-hydrogen) atoms. The zero-order chi connectivity index (χ0) is 16.2. The SMILES string of the molecule is COC(=O)c1ccc2c(c1)C1(C)CCN(CC3CC3)C(C2)C1C. The van der Waals surface area contributed by atoms with Gasteiger partial charge >= 0.3 is 5.97 Å². The summed E-state index contributed by atoms with van der Waals surface area (Å²) in [4.78, 5) is 14.7. The number of fused-ring (bicyclic) bond motifs is 4. The minimum Gasteiger partial charge on any atom is -0.465 e. The fourth-order valence-electron chi connectivity index (χ4n) is 4.81. The van der Waals surface area contributed by atoms with Crippen molar-refractivity contribution in [1.82, 2.24) is 4.90 Å². The van der Waals surface area contributed by atoms with Gasteiger partial charge in [-0.15, -0.1) is 0 Å². The van der Waals surface area contributed by atoms with Crippen molar-refractivity contribution < 1.29 is 9.53 Å². The van der Waals surface area contributed by atoms with E-state index in [1.54, 1.807) is 0 Å². The Kier molecular flexibility index (Phi) is 3.53. The van der Waals surface area contributed by atoms with Gasteiger partial charge in [0.2, 0.25) is 0 Å². The summed E-state index contributed by atoms with van der Waals surface area (Å²) in [6.07, 6.45) is 5.16. The minimum absolute atomic E-state index is 0.183. The first-order chi connectivity index (χ1) is 11.0. The number of rotatable bonds is 3. The number of benzene rings is 1. The van der Waals surface area contributed by atoms with Crippen LogP contribution in [-0.2, 0) is 16.6 Å². The largest absolute Gasteiger partial charge is 0.465 e. The Morgan fingerprint density at radius 2 is 2.17 bits per heavy atom. The fourth-order valence-corrected chi connectivity index (χ4v) is 4.81. The Morgan fingerprint density at radius 1 is 1.39 bits per heavy atom. The summed E-state index contributed by atoms with van der Waals surface area (Å²) in [5, 5.41) is 0. The molecule has 3 nitrogen and oxygen atoms in total. The lowest BCUT2D eigenvalue weighted by Gasteiger charge is -2.55. The summed E-state index contributed by atoms with van der Waals surface area (Å²) in [5.74, 6) is 1.36. The molecule has 124 valence electrons. The van der Waals surface area contributed by atoms with Gasteiger partial charge in [0.15, 0.2) is 0 Å². The number of carbonyl (C=O) groups is 1. The van der Waals surface area contributed by atoms with Crippen LogP contribution in [0.2, 0.25) is 0 Å². The Bertz CT molecular complexity index is 637. The molecule has 1 aromatic carbocycles. The van der Waals surface area contributed by atoms with E-state index < -0.39 is 0 Å². The van der Waals surface area contributed by atoms with Gasteiger partial charge in [-0.1, -0.05) is 19.9 Å². The molecule has 0 amide bonds. The molecule has 3 unspecified atom stereocenters. The van der Waals surface area contributed by atoms with Crippen LogP contribution < -0.4 is 0 Å². The minimum atomic E-state index is -0.225. The van der Waals surface area contributed by atoms with Crippen molar-refractivity contribution in [3.05, 3.63) is 34.9 Å². The van der Waals surface area contributed by atoms with Crippen LogP contribution in [0.15, 0.2) is 18.2 Å². The number of carbonyl (C=O) groups excluding carboxylic acids is 1. The van der Waals surface area contributed by atoms with E-state index in [9.17, 15) is 4.79 Å². The van der Waals surface area contributed by atoms with Crippen LogP contribution in [0.3, 0.4) is 0 Å². The van der Waals surface area contributed by atoms with E-state index in [0.717, 1.165) is 12.3 Å². The van der Waals surface area contributed by atoms with Crippen molar-refractivity contribution in [3.63, 3.8) is 0 Å². The average molecular weight is 313 g/mol. The lowest BCUT2D eigenvalue weighted by atomic mass is 9.59. The van der Waals surface area contributed by atoms with E-state index in [1.165, 1.54) is 50.6 Å². The topological polar surface area (TPSA) is 29.5 Å². The Labute approximate surface area is 139 Å². The Balaban J connectivity index is 1.70. The highest BCUT2D eigenvalue weighted by molar-refractivity contribution is 5.89. The Morgan fingerprint density at radius 3 is 2.87 bits per heavy atom. The first-order valence-electron chi connectivity index (χ1n) is 8.98. The summed E-state index contributed by atoms with van der Waals surface area (Å²) < 4.78 is 4.91. The van der Waals surface area contributed by atoms with Crippen LogP contribution >= 0.6 is 0 Å². The van der Waals surface area contributed by atoms with E-state index in [4.69, 9.17) is 4.74 Å². The summed E-state index contributed by atoms with van der Waals surface area (Å²) in [5.41, 5.74) is 3.69. The molecule has 0 aromatic heterocycles. The van der Waals surface area contributed by atoms with Crippen molar-refractivity contribution in [2.24, 2.45) is 11.8 Å². The van der Waals surface area contributed by atoms with Gasteiger partial charge in [-0.3, -0.25) is 4.90 Å². The molecule has 3 heteroatoms. The second-order valence-electron chi connectivity index (χ2n) is 8.03. The summed E-state index contributed by atoms with van der Waals surface area (Å²) in [6, 6.07) is 6.86. The molecule has 4 rings (SSSR count). The van der Waals surface area contributed by atoms with Crippen LogP contribution in [0.5, 0.6) is 0 Å². The molecule has 3 atom stereocenters. The number of hydrogen-bond acceptors (Lipinski definition) is 3. The maximum atomic E-state index is 11.9. The molecule has 0 radical (unpaired) electrons. The van der Waals surface area contributed by atoms with Gasteiger partial charge in [0, 0.05) is 12.6 Å². The number of methoxy groups -OCH3 is 1. The monoisotopic (exact) mass is 313 g/mol. The number of esters is 1. The first-order valence-corrected chi connectivity index (χ1v) is 8.98. The van der Waals surface area contributed by atoms with E-state index in [1.807, 2.05) is 6.07 Å². The smallest absolute Gasteiger partial charge is 0.337 e. The standard InChI is InChI=1S/C20H27NO2/c1-13-18-11-15-6-7-16(19(22)23-3)10-17(15)20(13,2)8-9-21(18)12-14-4-5-14/h6-7,10,13-14,18H,4-5,8-9,11-12H2,1-3H3. The molecule has 1 saturated heterocycles.